The molecule has 0 aliphatic rings. The Morgan fingerprint density at radius 2 is 2.19 bits per heavy atom. The monoisotopic (exact) mass is 239 g/mol. The molecule has 0 saturated heterocycles. The molecule has 0 saturated carbocycles. The van der Waals surface area contributed by atoms with E-state index in [0.29, 0.717) is 0 Å². The van der Waals surface area contributed by atoms with E-state index in [-0.39, 0.29) is 11.9 Å². The van der Waals surface area contributed by atoms with Gasteiger partial charge in [-0.25, -0.2) is 0 Å². The second kappa shape index (κ2) is 6.04. The molecule has 1 heterocycles. The summed E-state index contributed by atoms with van der Waals surface area (Å²) < 4.78 is 0. The normalized spacial score (nSPS) is 12.5. The van der Waals surface area contributed by atoms with Crippen LogP contribution in [0.5, 0.6) is 0 Å². The van der Waals surface area contributed by atoms with Crippen LogP contribution in [0.4, 0.5) is 0 Å². The molecule has 1 aromatic heterocycles. The van der Waals surface area contributed by atoms with Crippen molar-refractivity contribution in [3.8, 4) is 0 Å². The molecule has 1 aromatic rings. The summed E-state index contributed by atoms with van der Waals surface area (Å²) in [7, 11) is 0. The highest BCUT2D eigenvalue weighted by Crippen LogP contribution is 2.22. The van der Waals surface area contributed by atoms with Gasteiger partial charge in [-0.05, 0) is 38.3 Å². The van der Waals surface area contributed by atoms with Crippen molar-refractivity contribution in [3.63, 3.8) is 0 Å². The quantitative estimate of drug-likeness (QED) is 0.836. The molecule has 1 atom stereocenters. The molecular formula is C13H21NOS. The molecule has 0 aromatic carbocycles. The topological polar surface area (TPSA) is 29.1 Å². The number of rotatable bonds is 5. The second-order valence-corrected chi connectivity index (χ2v) is 5.48. The van der Waals surface area contributed by atoms with Gasteiger partial charge in [0.2, 0.25) is 0 Å². The van der Waals surface area contributed by atoms with Crippen LogP contribution in [-0.2, 0) is 6.42 Å². The third-order valence-corrected chi connectivity index (χ3v) is 3.85. The molecule has 1 amide bonds. The Bertz CT molecular complexity index is 357. The van der Waals surface area contributed by atoms with Gasteiger partial charge in [-0.15, -0.1) is 11.3 Å². The molecule has 2 nitrogen and oxygen atoms in total. The zero-order chi connectivity index (χ0) is 12.1. The summed E-state index contributed by atoms with van der Waals surface area (Å²) in [5.74, 6) is 0.0739. The minimum atomic E-state index is 0.0739. The highest BCUT2D eigenvalue weighted by atomic mass is 32.1. The third kappa shape index (κ3) is 3.34. The lowest BCUT2D eigenvalue weighted by atomic mass is 10.1. The maximum Gasteiger partial charge on any atom is 0.261 e. The number of nitrogens with one attached hydrogen (secondary N) is 1. The van der Waals surface area contributed by atoms with Crippen molar-refractivity contribution in [3.05, 3.63) is 21.4 Å². The second-order valence-electron chi connectivity index (χ2n) is 4.22. The molecule has 0 fully saturated rings. The molecule has 0 radical (unpaired) electrons. The van der Waals surface area contributed by atoms with Gasteiger partial charge in [0.1, 0.15) is 0 Å². The standard InChI is InChI=1S/C13H21NOS/c1-5-7-11-8-12(16-10(11)4)13(15)14-9(3)6-2/h8-9H,5-7H2,1-4H3,(H,14,15). The predicted octanol–water partition coefficient (Wildman–Crippen LogP) is 3.54. The van der Waals surface area contributed by atoms with E-state index in [9.17, 15) is 4.79 Å². The molecule has 1 rings (SSSR count). The summed E-state index contributed by atoms with van der Waals surface area (Å²) in [5, 5.41) is 3.00. The lowest BCUT2D eigenvalue weighted by Crippen LogP contribution is -2.31. The van der Waals surface area contributed by atoms with Crippen molar-refractivity contribution in [2.45, 2.75) is 53.0 Å². The third-order valence-electron chi connectivity index (χ3n) is 2.75. The van der Waals surface area contributed by atoms with Crippen LogP contribution in [0.25, 0.3) is 0 Å². The van der Waals surface area contributed by atoms with E-state index in [2.05, 4.69) is 26.1 Å². The summed E-state index contributed by atoms with van der Waals surface area (Å²) in [6.07, 6.45) is 3.17. The van der Waals surface area contributed by atoms with Crippen molar-refractivity contribution in [1.29, 1.82) is 0 Å². The summed E-state index contributed by atoms with van der Waals surface area (Å²) in [5.41, 5.74) is 1.32. The highest BCUT2D eigenvalue weighted by Gasteiger charge is 2.13. The molecule has 1 unspecified atom stereocenters. The van der Waals surface area contributed by atoms with Gasteiger partial charge in [0.25, 0.3) is 5.91 Å². The number of carbonyl (C=O) groups excluding carboxylic acids is 1. The summed E-state index contributed by atoms with van der Waals surface area (Å²) in [6.45, 7) is 8.37. The Hall–Kier alpha value is -0.830. The first-order valence-electron chi connectivity index (χ1n) is 5.98. The molecule has 0 bridgehead atoms. The molecule has 1 N–H and O–H groups in total. The fourth-order valence-corrected chi connectivity index (χ4v) is 2.52. The van der Waals surface area contributed by atoms with Crippen LogP contribution in [0.3, 0.4) is 0 Å². The number of carbonyl (C=O) groups is 1. The van der Waals surface area contributed by atoms with E-state index >= 15 is 0 Å². The van der Waals surface area contributed by atoms with Crippen LogP contribution in [0.1, 0.15) is 53.7 Å². The van der Waals surface area contributed by atoms with Crippen LogP contribution in [-0.4, -0.2) is 11.9 Å². The minimum Gasteiger partial charge on any atom is -0.349 e. The summed E-state index contributed by atoms with van der Waals surface area (Å²) in [4.78, 5) is 14.0. The van der Waals surface area contributed by atoms with Crippen molar-refractivity contribution in [2.75, 3.05) is 0 Å². The number of aryl methyl sites for hydroxylation is 2. The first-order chi connectivity index (χ1) is 7.58. The number of hydrogen-bond donors (Lipinski definition) is 1. The molecule has 3 heteroatoms. The minimum absolute atomic E-state index is 0.0739. The average Bonchev–Trinajstić information content (AvgIpc) is 2.61. The smallest absolute Gasteiger partial charge is 0.261 e. The Labute approximate surface area is 102 Å². The van der Waals surface area contributed by atoms with Gasteiger partial charge < -0.3 is 5.32 Å². The van der Waals surface area contributed by atoms with Crippen molar-refractivity contribution in [2.24, 2.45) is 0 Å². The van der Waals surface area contributed by atoms with Gasteiger partial charge in [-0.1, -0.05) is 20.3 Å². The Kier molecular flexibility index (Phi) is 5.00. The first-order valence-corrected chi connectivity index (χ1v) is 6.80. The maximum atomic E-state index is 11.9. The van der Waals surface area contributed by atoms with E-state index in [1.165, 1.54) is 10.4 Å². The fourth-order valence-electron chi connectivity index (χ4n) is 1.55. The van der Waals surface area contributed by atoms with Crippen LogP contribution >= 0.6 is 11.3 Å². The van der Waals surface area contributed by atoms with Gasteiger partial charge in [-0.3, -0.25) is 4.79 Å². The molecule has 0 spiro atoms. The number of thiophene rings is 1. The summed E-state index contributed by atoms with van der Waals surface area (Å²) in [6, 6.07) is 2.30. The van der Waals surface area contributed by atoms with Crippen LogP contribution < -0.4 is 5.32 Å². The molecule has 0 aliphatic carbocycles. The van der Waals surface area contributed by atoms with Crippen molar-refractivity contribution in [1.82, 2.24) is 5.32 Å². The van der Waals surface area contributed by atoms with E-state index in [1.807, 2.05) is 13.0 Å². The Balaban J connectivity index is 2.72. The Morgan fingerprint density at radius 1 is 1.50 bits per heavy atom. The van der Waals surface area contributed by atoms with E-state index in [1.54, 1.807) is 11.3 Å². The van der Waals surface area contributed by atoms with Gasteiger partial charge >= 0.3 is 0 Å². The van der Waals surface area contributed by atoms with Crippen LogP contribution in [0.15, 0.2) is 6.07 Å². The highest BCUT2D eigenvalue weighted by molar-refractivity contribution is 7.14. The summed E-state index contributed by atoms with van der Waals surface area (Å²) >= 11 is 1.60. The molecular weight excluding hydrogens is 218 g/mol. The average molecular weight is 239 g/mol. The Morgan fingerprint density at radius 3 is 2.75 bits per heavy atom. The molecule has 0 aliphatic heterocycles. The van der Waals surface area contributed by atoms with E-state index < -0.39 is 0 Å². The van der Waals surface area contributed by atoms with Crippen molar-refractivity contribution < 1.29 is 4.79 Å². The zero-order valence-electron chi connectivity index (χ0n) is 10.6. The predicted molar refractivity (Wildman–Crippen MR) is 70.3 cm³/mol. The number of amides is 1. The lowest BCUT2D eigenvalue weighted by molar-refractivity contribution is 0.0943. The van der Waals surface area contributed by atoms with Gasteiger partial charge in [0.15, 0.2) is 0 Å². The maximum absolute atomic E-state index is 11.9. The first kappa shape index (κ1) is 13.2. The molecule has 90 valence electrons. The van der Waals surface area contributed by atoms with Crippen molar-refractivity contribution >= 4 is 17.2 Å². The SMILES string of the molecule is CCCc1cc(C(=O)NC(C)CC)sc1C. The van der Waals surface area contributed by atoms with Gasteiger partial charge in [-0.2, -0.15) is 0 Å². The lowest BCUT2D eigenvalue weighted by Gasteiger charge is -2.09. The zero-order valence-corrected chi connectivity index (χ0v) is 11.4. The largest absolute Gasteiger partial charge is 0.349 e. The van der Waals surface area contributed by atoms with Gasteiger partial charge in [0.05, 0.1) is 4.88 Å². The fraction of sp³-hybridized carbons (Fsp3) is 0.615. The number of hydrogen-bond acceptors (Lipinski definition) is 2. The van der Waals surface area contributed by atoms with Crippen LogP contribution in [0, 0.1) is 6.92 Å². The van der Waals surface area contributed by atoms with Gasteiger partial charge in [0, 0.05) is 10.9 Å². The van der Waals surface area contributed by atoms with E-state index in [4.69, 9.17) is 0 Å². The molecule has 16 heavy (non-hydrogen) atoms. The van der Waals surface area contributed by atoms with E-state index in [0.717, 1.165) is 24.1 Å². The van der Waals surface area contributed by atoms with Crippen LogP contribution in [0.2, 0.25) is 0 Å².